The highest BCUT2D eigenvalue weighted by molar-refractivity contribution is 5.89. The van der Waals surface area contributed by atoms with Gasteiger partial charge in [-0.25, -0.2) is 4.79 Å². The summed E-state index contributed by atoms with van der Waals surface area (Å²) in [5.74, 6) is 0. The molecule has 22 heavy (non-hydrogen) atoms. The molecular weight excluding hydrogens is 278 g/mol. The molecule has 1 aliphatic rings. The van der Waals surface area contributed by atoms with Crippen LogP contribution in [-0.4, -0.2) is 23.8 Å². The molecule has 4 N–H and O–H groups in total. The summed E-state index contributed by atoms with van der Waals surface area (Å²) in [4.78, 5) is 11.9. The molecule has 1 aromatic carbocycles. The number of para-hydroxylation sites is 2. The third-order valence-corrected chi connectivity index (χ3v) is 3.64. The lowest BCUT2D eigenvalue weighted by Gasteiger charge is -2.29. The molecule has 0 radical (unpaired) electrons. The molecule has 1 amide bonds. The standard InChI is InChI=1S/C17H27N3O2/c1-17(2,3)22-16(21)20-15-10-5-4-9-14(15)19-13-8-6-7-12(18)11-13/h4-5,9-10,12-13,19H,6-8,11,18H2,1-3H3,(H,20,21). The Hall–Kier alpha value is -1.75. The minimum absolute atomic E-state index is 0.261. The van der Waals surface area contributed by atoms with Crippen molar-refractivity contribution in [2.45, 2.75) is 64.1 Å². The Balaban J connectivity index is 2.02. The van der Waals surface area contributed by atoms with Crippen LogP contribution in [0, 0.1) is 0 Å². The number of anilines is 2. The van der Waals surface area contributed by atoms with E-state index < -0.39 is 11.7 Å². The van der Waals surface area contributed by atoms with Gasteiger partial charge in [0.05, 0.1) is 11.4 Å². The molecular formula is C17H27N3O2. The van der Waals surface area contributed by atoms with Gasteiger partial charge in [0.2, 0.25) is 0 Å². The lowest BCUT2D eigenvalue weighted by atomic mass is 9.91. The average molecular weight is 305 g/mol. The van der Waals surface area contributed by atoms with Gasteiger partial charge in [-0.3, -0.25) is 5.32 Å². The second-order valence-corrected chi connectivity index (χ2v) is 6.94. The number of ether oxygens (including phenoxy) is 1. The number of amides is 1. The smallest absolute Gasteiger partial charge is 0.412 e. The van der Waals surface area contributed by atoms with Crippen LogP contribution < -0.4 is 16.4 Å². The molecule has 5 heteroatoms. The normalized spacial score (nSPS) is 22.0. The molecule has 0 bridgehead atoms. The summed E-state index contributed by atoms with van der Waals surface area (Å²) in [6.45, 7) is 5.54. The molecule has 122 valence electrons. The number of hydrogen-bond acceptors (Lipinski definition) is 4. The number of carbonyl (C=O) groups is 1. The molecule has 1 aromatic rings. The molecule has 0 aromatic heterocycles. The second kappa shape index (κ2) is 7.01. The van der Waals surface area contributed by atoms with E-state index in [9.17, 15) is 4.79 Å². The van der Waals surface area contributed by atoms with Crippen LogP contribution >= 0.6 is 0 Å². The highest BCUT2D eigenvalue weighted by Crippen LogP contribution is 2.26. The molecule has 2 unspecified atom stereocenters. The zero-order valence-corrected chi connectivity index (χ0v) is 13.7. The number of hydrogen-bond donors (Lipinski definition) is 3. The Morgan fingerprint density at radius 1 is 1.23 bits per heavy atom. The molecule has 0 aliphatic heterocycles. The van der Waals surface area contributed by atoms with E-state index in [4.69, 9.17) is 10.5 Å². The monoisotopic (exact) mass is 305 g/mol. The number of carbonyl (C=O) groups excluding carboxylic acids is 1. The molecule has 0 heterocycles. The van der Waals surface area contributed by atoms with Gasteiger partial charge in [0.15, 0.2) is 0 Å². The van der Waals surface area contributed by atoms with E-state index in [1.807, 2.05) is 45.0 Å². The molecule has 5 nitrogen and oxygen atoms in total. The fourth-order valence-electron chi connectivity index (χ4n) is 2.71. The van der Waals surface area contributed by atoms with E-state index in [1.165, 1.54) is 0 Å². The largest absolute Gasteiger partial charge is 0.444 e. The third kappa shape index (κ3) is 5.22. The predicted molar refractivity (Wildman–Crippen MR) is 90.2 cm³/mol. The highest BCUT2D eigenvalue weighted by atomic mass is 16.6. The van der Waals surface area contributed by atoms with Gasteiger partial charge in [-0.05, 0) is 58.6 Å². The van der Waals surface area contributed by atoms with Gasteiger partial charge >= 0.3 is 6.09 Å². The van der Waals surface area contributed by atoms with Crippen molar-refractivity contribution in [3.63, 3.8) is 0 Å². The van der Waals surface area contributed by atoms with E-state index in [0.29, 0.717) is 6.04 Å². The summed E-state index contributed by atoms with van der Waals surface area (Å²) in [7, 11) is 0. The lowest BCUT2D eigenvalue weighted by molar-refractivity contribution is 0.0636. The van der Waals surface area contributed by atoms with Crippen molar-refractivity contribution in [1.82, 2.24) is 0 Å². The first-order valence-electron chi connectivity index (χ1n) is 7.94. The topological polar surface area (TPSA) is 76.4 Å². The van der Waals surface area contributed by atoms with Gasteiger partial charge in [-0.15, -0.1) is 0 Å². The minimum atomic E-state index is -0.511. The third-order valence-electron chi connectivity index (χ3n) is 3.64. The van der Waals surface area contributed by atoms with Crippen molar-refractivity contribution in [3.8, 4) is 0 Å². The van der Waals surface area contributed by atoms with Crippen molar-refractivity contribution >= 4 is 17.5 Å². The van der Waals surface area contributed by atoms with Crippen LogP contribution in [0.3, 0.4) is 0 Å². The Kier molecular flexibility index (Phi) is 5.29. The number of nitrogens with one attached hydrogen (secondary N) is 2. The van der Waals surface area contributed by atoms with Crippen molar-refractivity contribution in [2.75, 3.05) is 10.6 Å². The number of nitrogens with two attached hydrogens (primary N) is 1. The quantitative estimate of drug-likeness (QED) is 0.795. The number of benzene rings is 1. The van der Waals surface area contributed by atoms with Crippen LogP contribution in [0.5, 0.6) is 0 Å². The van der Waals surface area contributed by atoms with E-state index >= 15 is 0 Å². The first kappa shape index (κ1) is 16.6. The van der Waals surface area contributed by atoms with Crippen LogP contribution in [0.4, 0.5) is 16.2 Å². The van der Waals surface area contributed by atoms with E-state index in [2.05, 4.69) is 10.6 Å². The van der Waals surface area contributed by atoms with Gasteiger partial charge in [0.1, 0.15) is 5.60 Å². The maximum atomic E-state index is 11.9. The Bertz CT molecular complexity index is 511. The molecule has 2 rings (SSSR count). The predicted octanol–water partition coefficient (Wildman–Crippen LogP) is 3.72. The molecule has 2 atom stereocenters. The highest BCUT2D eigenvalue weighted by Gasteiger charge is 2.21. The average Bonchev–Trinajstić information content (AvgIpc) is 2.39. The van der Waals surface area contributed by atoms with Crippen LogP contribution in [0.25, 0.3) is 0 Å². The van der Waals surface area contributed by atoms with Crippen molar-refractivity contribution in [2.24, 2.45) is 5.73 Å². The Morgan fingerprint density at radius 3 is 2.55 bits per heavy atom. The maximum absolute atomic E-state index is 11.9. The second-order valence-electron chi connectivity index (χ2n) is 6.94. The molecule has 0 saturated heterocycles. The van der Waals surface area contributed by atoms with Gasteiger partial charge in [-0.1, -0.05) is 12.1 Å². The first-order chi connectivity index (χ1) is 10.3. The van der Waals surface area contributed by atoms with Gasteiger partial charge in [0, 0.05) is 12.1 Å². The molecule has 0 spiro atoms. The van der Waals surface area contributed by atoms with Crippen molar-refractivity contribution < 1.29 is 9.53 Å². The van der Waals surface area contributed by atoms with Gasteiger partial charge in [0.25, 0.3) is 0 Å². The van der Waals surface area contributed by atoms with Crippen LogP contribution in [0.2, 0.25) is 0 Å². The van der Waals surface area contributed by atoms with E-state index in [1.54, 1.807) is 0 Å². The fraction of sp³-hybridized carbons (Fsp3) is 0.588. The summed E-state index contributed by atoms with van der Waals surface area (Å²) in [5.41, 5.74) is 7.17. The number of rotatable bonds is 3. The lowest BCUT2D eigenvalue weighted by Crippen LogP contribution is -2.35. The molecule has 1 saturated carbocycles. The van der Waals surface area contributed by atoms with Gasteiger partial charge in [-0.2, -0.15) is 0 Å². The first-order valence-corrected chi connectivity index (χ1v) is 7.94. The van der Waals surface area contributed by atoms with E-state index in [-0.39, 0.29) is 6.04 Å². The van der Waals surface area contributed by atoms with Crippen LogP contribution in [0.1, 0.15) is 46.5 Å². The Labute approximate surface area is 132 Å². The molecule has 1 aliphatic carbocycles. The van der Waals surface area contributed by atoms with Gasteiger partial charge < -0.3 is 15.8 Å². The SMILES string of the molecule is CC(C)(C)OC(=O)Nc1ccccc1NC1CCCC(N)C1. The Morgan fingerprint density at radius 2 is 1.91 bits per heavy atom. The zero-order valence-electron chi connectivity index (χ0n) is 13.7. The van der Waals surface area contributed by atoms with Crippen LogP contribution in [-0.2, 0) is 4.74 Å². The summed E-state index contributed by atoms with van der Waals surface area (Å²) in [5, 5.41) is 6.31. The molecule has 1 fully saturated rings. The maximum Gasteiger partial charge on any atom is 0.412 e. The zero-order chi connectivity index (χ0) is 16.2. The van der Waals surface area contributed by atoms with Crippen LogP contribution in [0.15, 0.2) is 24.3 Å². The summed E-state index contributed by atoms with van der Waals surface area (Å²) < 4.78 is 5.31. The summed E-state index contributed by atoms with van der Waals surface area (Å²) in [6.07, 6.45) is 3.85. The summed E-state index contributed by atoms with van der Waals surface area (Å²) in [6, 6.07) is 8.29. The summed E-state index contributed by atoms with van der Waals surface area (Å²) >= 11 is 0. The van der Waals surface area contributed by atoms with E-state index in [0.717, 1.165) is 37.1 Å². The van der Waals surface area contributed by atoms with Crippen molar-refractivity contribution in [1.29, 1.82) is 0 Å². The van der Waals surface area contributed by atoms with Crippen molar-refractivity contribution in [3.05, 3.63) is 24.3 Å². The fourth-order valence-corrected chi connectivity index (χ4v) is 2.71. The minimum Gasteiger partial charge on any atom is -0.444 e.